The minimum atomic E-state index is -0.196. The van der Waals surface area contributed by atoms with E-state index in [-0.39, 0.29) is 18.0 Å². The third kappa shape index (κ3) is 3.72. The van der Waals surface area contributed by atoms with E-state index in [0.29, 0.717) is 12.5 Å². The van der Waals surface area contributed by atoms with Crippen LogP contribution in [-0.2, 0) is 9.53 Å². The van der Waals surface area contributed by atoms with Crippen LogP contribution in [0.3, 0.4) is 0 Å². The number of ether oxygens (including phenoxy) is 1. The molecule has 3 nitrogen and oxygen atoms in total. The van der Waals surface area contributed by atoms with Crippen molar-refractivity contribution in [3.05, 3.63) is 0 Å². The fraction of sp³-hybridized carbons (Fsp3) is 0.889. The van der Waals surface area contributed by atoms with Crippen LogP contribution >= 0.6 is 0 Å². The summed E-state index contributed by atoms with van der Waals surface area (Å²) >= 11 is 0. The molecule has 3 heteroatoms. The van der Waals surface area contributed by atoms with E-state index < -0.39 is 0 Å². The second-order valence-electron chi connectivity index (χ2n) is 3.52. The first-order chi connectivity index (χ1) is 5.49. The van der Waals surface area contributed by atoms with Crippen LogP contribution in [0, 0.1) is 11.8 Å². The van der Waals surface area contributed by atoms with Gasteiger partial charge < -0.3 is 10.5 Å². The van der Waals surface area contributed by atoms with E-state index >= 15 is 0 Å². The summed E-state index contributed by atoms with van der Waals surface area (Å²) in [4.78, 5) is 11.2. The first-order valence-corrected chi connectivity index (χ1v) is 4.39. The van der Waals surface area contributed by atoms with Crippen LogP contribution in [0.4, 0.5) is 0 Å². The number of hydrogen-bond acceptors (Lipinski definition) is 3. The molecule has 0 aromatic rings. The van der Waals surface area contributed by atoms with Crippen molar-refractivity contribution in [1.82, 2.24) is 0 Å². The van der Waals surface area contributed by atoms with Gasteiger partial charge in [0.05, 0.1) is 5.92 Å². The van der Waals surface area contributed by atoms with Crippen molar-refractivity contribution in [3.8, 4) is 0 Å². The summed E-state index contributed by atoms with van der Waals surface area (Å²) in [6.07, 6.45) is -0.0218. The summed E-state index contributed by atoms with van der Waals surface area (Å²) in [5.74, 6) is -0.0242. The molecule has 0 aromatic carbocycles. The average molecular weight is 173 g/mol. The predicted molar refractivity (Wildman–Crippen MR) is 48.6 cm³/mol. The Morgan fingerprint density at radius 3 is 2.17 bits per heavy atom. The molecule has 2 unspecified atom stereocenters. The lowest BCUT2D eigenvalue weighted by Gasteiger charge is -2.18. The lowest BCUT2D eigenvalue weighted by molar-refractivity contribution is -0.154. The first-order valence-electron chi connectivity index (χ1n) is 4.39. The van der Waals surface area contributed by atoms with Gasteiger partial charge in [-0.3, -0.25) is 4.79 Å². The molecule has 2 atom stereocenters. The third-order valence-electron chi connectivity index (χ3n) is 2.00. The molecule has 0 saturated heterocycles. The van der Waals surface area contributed by atoms with Gasteiger partial charge in [0.15, 0.2) is 0 Å². The van der Waals surface area contributed by atoms with Gasteiger partial charge in [0.1, 0.15) is 6.10 Å². The molecule has 0 spiro atoms. The highest BCUT2D eigenvalue weighted by molar-refractivity contribution is 5.72. The predicted octanol–water partition coefficient (Wildman–Crippen LogP) is 1.17. The highest BCUT2D eigenvalue weighted by atomic mass is 16.5. The summed E-state index contributed by atoms with van der Waals surface area (Å²) < 4.78 is 5.15. The van der Waals surface area contributed by atoms with Gasteiger partial charge in [-0.25, -0.2) is 0 Å². The van der Waals surface area contributed by atoms with Crippen molar-refractivity contribution >= 4 is 5.97 Å². The molecule has 72 valence electrons. The van der Waals surface area contributed by atoms with Crippen LogP contribution in [0.15, 0.2) is 0 Å². The molecular weight excluding hydrogens is 154 g/mol. The quantitative estimate of drug-likeness (QED) is 0.649. The molecule has 0 amide bonds. The van der Waals surface area contributed by atoms with E-state index in [1.807, 2.05) is 20.8 Å². The molecule has 0 heterocycles. The van der Waals surface area contributed by atoms with Gasteiger partial charge in [-0.15, -0.1) is 0 Å². The maximum absolute atomic E-state index is 11.2. The second kappa shape index (κ2) is 5.14. The van der Waals surface area contributed by atoms with Crippen molar-refractivity contribution in [3.63, 3.8) is 0 Å². The van der Waals surface area contributed by atoms with Gasteiger partial charge in [0.2, 0.25) is 0 Å². The van der Waals surface area contributed by atoms with Gasteiger partial charge in [-0.05, 0) is 12.8 Å². The minimum Gasteiger partial charge on any atom is -0.462 e. The van der Waals surface area contributed by atoms with E-state index in [1.54, 1.807) is 6.92 Å². The summed E-state index contributed by atoms with van der Waals surface area (Å²) in [6.45, 7) is 8.06. The van der Waals surface area contributed by atoms with Crippen LogP contribution in [0.25, 0.3) is 0 Å². The summed E-state index contributed by atoms with van der Waals surface area (Å²) in [7, 11) is 0. The Bertz CT molecular complexity index is 145. The Morgan fingerprint density at radius 2 is 1.83 bits per heavy atom. The van der Waals surface area contributed by atoms with E-state index in [1.165, 1.54) is 0 Å². The number of esters is 1. The second-order valence-corrected chi connectivity index (χ2v) is 3.52. The Kier molecular flexibility index (Phi) is 4.90. The Morgan fingerprint density at radius 1 is 1.33 bits per heavy atom. The Labute approximate surface area is 74.3 Å². The standard InChI is InChI=1S/C9H19NO2/c1-6(2)8(4)12-9(11)7(3)5-10/h6-8H,5,10H2,1-4H3. The van der Waals surface area contributed by atoms with E-state index in [2.05, 4.69) is 0 Å². The van der Waals surface area contributed by atoms with E-state index in [0.717, 1.165) is 0 Å². The zero-order chi connectivity index (χ0) is 9.72. The first kappa shape index (κ1) is 11.4. The maximum atomic E-state index is 11.2. The zero-order valence-electron chi connectivity index (χ0n) is 8.33. The monoisotopic (exact) mass is 173 g/mol. The molecular formula is C9H19NO2. The van der Waals surface area contributed by atoms with Gasteiger partial charge in [0.25, 0.3) is 0 Å². The number of hydrogen-bond donors (Lipinski definition) is 1. The number of carbonyl (C=O) groups excluding carboxylic acids is 1. The molecule has 2 N–H and O–H groups in total. The lowest BCUT2D eigenvalue weighted by atomic mass is 10.1. The van der Waals surface area contributed by atoms with E-state index in [4.69, 9.17) is 10.5 Å². The van der Waals surface area contributed by atoms with E-state index in [9.17, 15) is 4.79 Å². The van der Waals surface area contributed by atoms with Crippen molar-refractivity contribution in [2.45, 2.75) is 33.8 Å². The Hall–Kier alpha value is -0.570. The van der Waals surface area contributed by atoms with Crippen molar-refractivity contribution in [2.75, 3.05) is 6.54 Å². The number of rotatable bonds is 4. The van der Waals surface area contributed by atoms with Crippen LogP contribution in [0.2, 0.25) is 0 Å². The van der Waals surface area contributed by atoms with Crippen LogP contribution in [0.5, 0.6) is 0 Å². The molecule has 12 heavy (non-hydrogen) atoms. The molecule has 0 aromatic heterocycles. The molecule has 0 saturated carbocycles. The number of carbonyl (C=O) groups is 1. The molecule has 0 fully saturated rings. The van der Waals surface area contributed by atoms with Crippen molar-refractivity contribution in [1.29, 1.82) is 0 Å². The fourth-order valence-corrected chi connectivity index (χ4v) is 0.532. The Balaban J connectivity index is 3.84. The number of nitrogens with two attached hydrogens (primary N) is 1. The zero-order valence-corrected chi connectivity index (χ0v) is 8.33. The molecule has 0 radical (unpaired) electrons. The average Bonchev–Trinajstić information content (AvgIpc) is 2.02. The summed E-state index contributed by atoms with van der Waals surface area (Å²) in [5, 5.41) is 0. The SMILES string of the molecule is CC(CN)C(=O)OC(C)C(C)C. The molecule has 0 rings (SSSR count). The molecule has 0 aliphatic heterocycles. The molecule has 0 bridgehead atoms. The minimum absolute atomic E-state index is 0.0218. The molecule has 0 aliphatic carbocycles. The highest BCUT2D eigenvalue weighted by Gasteiger charge is 2.17. The molecule has 0 aliphatic rings. The summed E-state index contributed by atoms with van der Waals surface area (Å²) in [5.41, 5.74) is 5.32. The van der Waals surface area contributed by atoms with Gasteiger partial charge >= 0.3 is 5.97 Å². The van der Waals surface area contributed by atoms with Crippen LogP contribution in [-0.4, -0.2) is 18.6 Å². The highest BCUT2D eigenvalue weighted by Crippen LogP contribution is 2.08. The largest absolute Gasteiger partial charge is 0.462 e. The smallest absolute Gasteiger partial charge is 0.310 e. The topological polar surface area (TPSA) is 52.3 Å². The summed E-state index contributed by atoms with van der Waals surface area (Å²) in [6, 6.07) is 0. The van der Waals surface area contributed by atoms with Gasteiger partial charge in [-0.1, -0.05) is 20.8 Å². The van der Waals surface area contributed by atoms with Crippen LogP contribution < -0.4 is 5.73 Å². The van der Waals surface area contributed by atoms with Gasteiger partial charge in [-0.2, -0.15) is 0 Å². The van der Waals surface area contributed by atoms with Crippen LogP contribution in [0.1, 0.15) is 27.7 Å². The van der Waals surface area contributed by atoms with Gasteiger partial charge in [0, 0.05) is 6.54 Å². The van der Waals surface area contributed by atoms with Crippen molar-refractivity contribution in [2.24, 2.45) is 17.6 Å². The third-order valence-corrected chi connectivity index (χ3v) is 2.00. The van der Waals surface area contributed by atoms with Crippen molar-refractivity contribution < 1.29 is 9.53 Å². The normalized spacial score (nSPS) is 15.8. The lowest BCUT2D eigenvalue weighted by Crippen LogP contribution is -2.28. The maximum Gasteiger partial charge on any atom is 0.310 e. The fourth-order valence-electron chi connectivity index (χ4n) is 0.532.